The summed E-state index contributed by atoms with van der Waals surface area (Å²) in [6, 6.07) is 59.7. The van der Waals surface area contributed by atoms with Crippen molar-refractivity contribution in [1.82, 2.24) is 9.88 Å². The maximum atomic E-state index is 6.68. The summed E-state index contributed by atoms with van der Waals surface area (Å²) in [5.74, 6) is 1.46. The average Bonchev–Trinajstić information content (AvgIpc) is 3.77. The molecule has 5 nitrogen and oxygen atoms in total. The Labute approximate surface area is 298 Å². The normalized spacial score (nSPS) is 14.7. The number of nitrogens with zero attached hydrogens (tertiary/aromatic N) is 3. The van der Waals surface area contributed by atoms with Crippen LogP contribution in [0.2, 0.25) is 0 Å². The van der Waals surface area contributed by atoms with Crippen LogP contribution in [0.3, 0.4) is 0 Å². The smallest absolute Gasteiger partial charge is 0.160 e. The van der Waals surface area contributed by atoms with E-state index in [0.717, 1.165) is 50.2 Å². The van der Waals surface area contributed by atoms with E-state index in [9.17, 15) is 0 Å². The third-order valence-electron chi connectivity index (χ3n) is 10.4. The second kappa shape index (κ2) is 11.3. The lowest BCUT2D eigenvalue weighted by atomic mass is 10.00. The fourth-order valence-electron chi connectivity index (χ4n) is 8.08. The van der Waals surface area contributed by atoms with Crippen molar-refractivity contribution in [2.45, 2.75) is 6.17 Å². The molecule has 244 valence electrons. The maximum absolute atomic E-state index is 6.68. The predicted octanol–water partition coefficient (Wildman–Crippen LogP) is 11.5. The third-order valence-corrected chi connectivity index (χ3v) is 10.4. The topological polar surface area (TPSA) is 54.8 Å². The van der Waals surface area contributed by atoms with Gasteiger partial charge in [-0.25, -0.2) is 9.98 Å². The highest BCUT2D eigenvalue weighted by atomic mass is 16.3. The van der Waals surface area contributed by atoms with Gasteiger partial charge < -0.3 is 14.3 Å². The summed E-state index contributed by atoms with van der Waals surface area (Å²) in [5, 5.41) is 13.1. The maximum Gasteiger partial charge on any atom is 0.160 e. The second-order valence-electron chi connectivity index (χ2n) is 13.4. The number of aliphatic imine (C=N–C) groups is 2. The van der Waals surface area contributed by atoms with Gasteiger partial charge in [0.05, 0.1) is 11.0 Å². The Hall–Kier alpha value is -6.98. The summed E-state index contributed by atoms with van der Waals surface area (Å²) in [4.78, 5) is 10.3. The number of nitrogens with one attached hydrogen (secondary N) is 1. The molecule has 0 saturated carbocycles. The Balaban J connectivity index is 1.13. The Morgan fingerprint density at radius 3 is 1.88 bits per heavy atom. The molecule has 3 heterocycles. The summed E-state index contributed by atoms with van der Waals surface area (Å²) in [6.07, 6.45) is -0.286. The highest BCUT2D eigenvalue weighted by Crippen LogP contribution is 2.42. The zero-order valence-electron chi connectivity index (χ0n) is 28.0. The zero-order valence-corrected chi connectivity index (χ0v) is 28.0. The van der Waals surface area contributed by atoms with E-state index in [2.05, 4.69) is 131 Å². The van der Waals surface area contributed by atoms with Crippen LogP contribution < -0.4 is 5.32 Å². The highest BCUT2D eigenvalue weighted by Gasteiger charge is 2.24. The Kier molecular flexibility index (Phi) is 6.25. The summed E-state index contributed by atoms with van der Waals surface area (Å²) in [6.45, 7) is 0. The number of rotatable bonds is 4. The van der Waals surface area contributed by atoms with E-state index in [-0.39, 0.29) is 6.17 Å². The van der Waals surface area contributed by atoms with Gasteiger partial charge in [-0.2, -0.15) is 0 Å². The van der Waals surface area contributed by atoms with E-state index in [0.29, 0.717) is 5.84 Å². The molecule has 2 aromatic heterocycles. The molecule has 0 radical (unpaired) electrons. The van der Waals surface area contributed by atoms with Crippen LogP contribution in [-0.2, 0) is 0 Å². The Morgan fingerprint density at radius 1 is 0.519 bits per heavy atom. The molecule has 11 rings (SSSR count). The molecule has 1 aliphatic rings. The molecule has 1 atom stereocenters. The summed E-state index contributed by atoms with van der Waals surface area (Å²) in [5.41, 5.74) is 8.03. The van der Waals surface area contributed by atoms with Gasteiger partial charge in [0, 0.05) is 44.4 Å². The molecule has 0 fully saturated rings. The molecular weight excluding hydrogens is 637 g/mol. The van der Waals surface area contributed by atoms with E-state index < -0.39 is 0 Å². The van der Waals surface area contributed by atoms with Crippen molar-refractivity contribution in [1.29, 1.82) is 0 Å². The van der Waals surface area contributed by atoms with Crippen molar-refractivity contribution in [3.63, 3.8) is 0 Å². The first-order chi connectivity index (χ1) is 25.8. The van der Waals surface area contributed by atoms with E-state index in [1.54, 1.807) is 0 Å². The van der Waals surface area contributed by atoms with Crippen LogP contribution in [0, 0.1) is 0 Å². The number of furan rings is 1. The van der Waals surface area contributed by atoms with Crippen LogP contribution in [-0.4, -0.2) is 16.2 Å². The second-order valence-corrected chi connectivity index (χ2v) is 13.4. The fourth-order valence-corrected chi connectivity index (χ4v) is 8.08. The molecule has 5 heteroatoms. The molecule has 8 aromatic carbocycles. The predicted molar refractivity (Wildman–Crippen MR) is 215 cm³/mol. The molecule has 0 spiro atoms. The fraction of sp³-hybridized carbons (Fsp3) is 0.0213. The van der Waals surface area contributed by atoms with Gasteiger partial charge in [-0.15, -0.1) is 0 Å². The third kappa shape index (κ3) is 4.36. The quantitative estimate of drug-likeness (QED) is 0.203. The molecule has 1 aliphatic heterocycles. The van der Waals surface area contributed by atoms with Gasteiger partial charge in [0.25, 0.3) is 0 Å². The van der Waals surface area contributed by atoms with Crippen LogP contribution >= 0.6 is 0 Å². The number of aromatic nitrogens is 1. The van der Waals surface area contributed by atoms with E-state index in [1.165, 1.54) is 43.4 Å². The van der Waals surface area contributed by atoms with E-state index >= 15 is 0 Å². The number of hydrogen-bond acceptors (Lipinski definition) is 4. The molecule has 0 bridgehead atoms. The van der Waals surface area contributed by atoms with Gasteiger partial charge >= 0.3 is 0 Å². The van der Waals surface area contributed by atoms with Gasteiger partial charge in [-0.05, 0) is 57.4 Å². The summed E-state index contributed by atoms with van der Waals surface area (Å²) >= 11 is 0. The molecule has 0 aliphatic carbocycles. The van der Waals surface area contributed by atoms with Crippen LogP contribution in [0.1, 0.15) is 22.9 Å². The Morgan fingerprint density at radius 2 is 1.17 bits per heavy atom. The zero-order chi connectivity index (χ0) is 34.2. The number of hydrogen-bond donors (Lipinski definition) is 1. The van der Waals surface area contributed by atoms with Crippen molar-refractivity contribution in [3.05, 3.63) is 187 Å². The van der Waals surface area contributed by atoms with Crippen LogP contribution in [0.4, 0.5) is 0 Å². The van der Waals surface area contributed by atoms with Crippen molar-refractivity contribution in [2.24, 2.45) is 9.98 Å². The minimum absolute atomic E-state index is 0.286. The van der Waals surface area contributed by atoms with Crippen LogP contribution in [0.5, 0.6) is 0 Å². The minimum atomic E-state index is -0.286. The van der Waals surface area contributed by atoms with Gasteiger partial charge in [0.2, 0.25) is 0 Å². The SMILES string of the molecule is c1ccc(C2=NC(c3cccc4oc5cc(-n6c7ccc8ccccc8c7c7c8ccccc8ccc76)ccc5c34)=NC(c3ccccc3)N2)cc1. The van der Waals surface area contributed by atoms with Gasteiger partial charge in [0.15, 0.2) is 5.84 Å². The standard InChI is InChI=1S/C47H30N4O/c1-3-14-31(15-4-1)45-48-46(32-16-5-2-6-17-32)50-47(49-45)37-20-11-21-40-42(37)36-25-24-33(28-41(36)52-40)51-38-26-22-29-12-7-9-18-34(29)43(38)44-35-19-10-8-13-30(35)23-27-39(44)51/h1-28,45H,(H,48,49,50). The number of amidine groups is 2. The molecular formula is C47H30N4O. The lowest BCUT2D eigenvalue weighted by molar-refractivity contribution is 0.668. The van der Waals surface area contributed by atoms with E-state index in [1.807, 2.05) is 48.5 Å². The monoisotopic (exact) mass is 666 g/mol. The first-order valence-corrected chi connectivity index (χ1v) is 17.6. The molecule has 1 N–H and O–H groups in total. The first-order valence-electron chi connectivity index (χ1n) is 17.6. The summed E-state index contributed by atoms with van der Waals surface area (Å²) in [7, 11) is 0. The lowest BCUT2D eigenvalue weighted by Crippen LogP contribution is -2.33. The van der Waals surface area contributed by atoms with Gasteiger partial charge in [-0.1, -0.05) is 133 Å². The van der Waals surface area contributed by atoms with Crippen LogP contribution in [0.25, 0.3) is 71.0 Å². The van der Waals surface area contributed by atoms with Gasteiger partial charge in [-0.3, -0.25) is 0 Å². The highest BCUT2D eigenvalue weighted by molar-refractivity contribution is 6.28. The summed E-state index contributed by atoms with van der Waals surface area (Å²) < 4.78 is 9.06. The van der Waals surface area contributed by atoms with Crippen LogP contribution in [0.15, 0.2) is 184 Å². The minimum Gasteiger partial charge on any atom is -0.456 e. The lowest BCUT2D eigenvalue weighted by Gasteiger charge is -2.23. The van der Waals surface area contributed by atoms with Crippen molar-refractivity contribution < 1.29 is 4.42 Å². The first kappa shape index (κ1) is 28.8. The number of benzene rings is 8. The number of fused-ring (bicyclic) bond motifs is 10. The molecule has 0 saturated heterocycles. The Bertz CT molecular complexity index is 3010. The molecule has 10 aromatic rings. The van der Waals surface area contributed by atoms with Crippen molar-refractivity contribution in [3.8, 4) is 5.69 Å². The van der Waals surface area contributed by atoms with Gasteiger partial charge in [0.1, 0.15) is 23.2 Å². The van der Waals surface area contributed by atoms with E-state index in [4.69, 9.17) is 14.4 Å². The molecule has 52 heavy (non-hydrogen) atoms. The van der Waals surface area contributed by atoms with Crippen molar-refractivity contribution in [2.75, 3.05) is 0 Å². The molecule has 1 unspecified atom stereocenters. The van der Waals surface area contributed by atoms with Crippen molar-refractivity contribution >= 4 is 77.0 Å². The molecule has 0 amide bonds. The largest absolute Gasteiger partial charge is 0.456 e. The average molecular weight is 667 g/mol.